The second-order valence-corrected chi connectivity index (χ2v) is 16.1. The minimum Gasteiger partial charge on any atom is -0.475 e. The Kier molecular flexibility index (Phi) is 9.14. The molecular weight excluding hydrogens is 630 g/mol. The zero-order valence-corrected chi connectivity index (χ0v) is 29.3. The average molecular weight is 676 g/mol. The Bertz CT molecular complexity index is 1790. The lowest BCUT2D eigenvalue weighted by Crippen LogP contribution is -2.64. The normalized spacial score (nSPS) is 24.7. The molecule has 1 atom stereocenters. The summed E-state index contributed by atoms with van der Waals surface area (Å²) in [5, 5.41) is 2.96. The van der Waals surface area contributed by atoms with Gasteiger partial charge in [-0.25, -0.2) is 22.9 Å². The summed E-state index contributed by atoms with van der Waals surface area (Å²) in [6.07, 6.45) is 3.33. The maximum Gasteiger partial charge on any atom is 0.407 e. The number of amides is 2. The smallest absolute Gasteiger partial charge is 0.407 e. The summed E-state index contributed by atoms with van der Waals surface area (Å²) < 4.78 is 41.5. The van der Waals surface area contributed by atoms with E-state index in [9.17, 15) is 18.0 Å². The number of aromatic nitrogens is 2. The number of rotatable bonds is 6. The van der Waals surface area contributed by atoms with Crippen molar-refractivity contribution in [2.24, 2.45) is 11.3 Å². The van der Waals surface area contributed by atoms with Crippen molar-refractivity contribution in [3.8, 4) is 17.1 Å². The molecule has 1 aliphatic heterocycles. The van der Waals surface area contributed by atoms with Crippen LogP contribution in [-0.2, 0) is 14.8 Å². The second kappa shape index (κ2) is 13.0. The van der Waals surface area contributed by atoms with Gasteiger partial charge in [-0.1, -0.05) is 38.1 Å². The van der Waals surface area contributed by atoms with Crippen LogP contribution in [0, 0.1) is 25.2 Å². The molecule has 2 amide bonds. The first kappa shape index (κ1) is 33.7. The highest BCUT2D eigenvalue weighted by atomic mass is 32.2. The number of aryl methyl sites for hydroxylation is 2. The van der Waals surface area contributed by atoms with Gasteiger partial charge in [0.25, 0.3) is 15.9 Å². The highest BCUT2D eigenvalue weighted by Gasteiger charge is 2.56. The molecule has 2 heterocycles. The lowest BCUT2D eigenvalue weighted by Gasteiger charge is -2.60. The number of carbonyl (C=O) groups is 2. The van der Waals surface area contributed by atoms with Gasteiger partial charge in [-0.05, 0) is 100 Å². The maximum atomic E-state index is 14.4. The topological polar surface area (TPSA) is 140 Å². The van der Waals surface area contributed by atoms with Crippen LogP contribution in [0.5, 0.6) is 5.88 Å². The van der Waals surface area contributed by atoms with Crippen LogP contribution in [0.25, 0.3) is 11.3 Å². The number of nitrogens with one attached hydrogen (secondary N) is 2. The SMILES string of the molecule is Cc1cccc(C)c1-c1cc2nc(n1)NS(=O)(=O)c1cccc(c1)C(=O)N(C1CC3(CC(NC(=O)OC(C)C)C3)C1)[C@H](CC(C)C)CO2. The quantitative estimate of drug-likeness (QED) is 0.312. The standard InChI is InChI=1S/C36H45N5O6S/c1-21(2)13-27-20-46-31-15-30(32-23(5)9-7-10-24(32)6)38-34(39-31)40-48(44,45)29-12-8-11-25(14-29)33(42)41(27)28-18-36(19-28)16-26(17-36)37-35(43)47-22(3)4/h7-12,14-15,21-22,26-28H,13,16-20H2,1-6H3,(H,37,43)(H,38,39,40)/t26?,27-,28?,36?/m1/s1. The molecule has 2 N–H and O–H groups in total. The molecule has 11 nitrogen and oxygen atoms in total. The van der Waals surface area contributed by atoms with Gasteiger partial charge in [0.1, 0.15) is 6.61 Å². The number of anilines is 1. The van der Waals surface area contributed by atoms with Crippen molar-refractivity contribution in [2.45, 2.75) is 103 Å². The summed E-state index contributed by atoms with van der Waals surface area (Å²) in [7, 11) is -4.15. The van der Waals surface area contributed by atoms with Crippen LogP contribution in [0.4, 0.5) is 10.7 Å². The van der Waals surface area contributed by atoms with Crippen LogP contribution >= 0.6 is 0 Å². The Morgan fingerprint density at radius 1 is 1.04 bits per heavy atom. The van der Waals surface area contributed by atoms with Crippen molar-refractivity contribution in [3.05, 3.63) is 65.2 Å². The third kappa shape index (κ3) is 6.99. The number of hydrogen-bond donors (Lipinski definition) is 2. The van der Waals surface area contributed by atoms with E-state index in [4.69, 9.17) is 9.47 Å². The highest BCUT2D eigenvalue weighted by Crippen LogP contribution is 2.58. The Labute approximate surface area is 282 Å². The van der Waals surface area contributed by atoms with Gasteiger partial charge in [0.15, 0.2) is 0 Å². The molecule has 2 saturated carbocycles. The number of benzene rings is 2. The Hall–Kier alpha value is -4.19. The number of alkyl carbamates (subject to hydrolysis) is 1. The minimum absolute atomic E-state index is 0.0437. The van der Waals surface area contributed by atoms with E-state index in [1.807, 2.05) is 50.8 Å². The zero-order chi connectivity index (χ0) is 34.4. The van der Waals surface area contributed by atoms with Gasteiger partial charge in [-0.15, -0.1) is 0 Å². The third-order valence-electron chi connectivity index (χ3n) is 9.61. The van der Waals surface area contributed by atoms with Crippen molar-refractivity contribution < 1.29 is 27.5 Å². The first-order valence-corrected chi connectivity index (χ1v) is 18.2. The number of ether oxygens (including phenoxy) is 2. The van der Waals surface area contributed by atoms with E-state index in [-0.39, 0.29) is 64.8 Å². The van der Waals surface area contributed by atoms with Gasteiger partial charge in [0.2, 0.25) is 11.8 Å². The van der Waals surface area contributed by atoms with Crippen molar-refractivity contribution in [1.82, 2.24) is 20.2 Å². The molecule has 3 aromatic rings. The molecular formula is C36H45N5O6S. The molecule has 3 aliphatic rings. The van der Waals surface area contributed by atoms with Crippen LogP contribution in [0.1, 0.15) is 81.3 Å². The van der Waals surface area contributed by atoms with E-state index in [0.717, 1.165) is 42.4 Å². The van der Waals surface area contributed by atoms with Crippen LogP contribution in [-0.4, -0.2) is 66.1 Å². The first-order valence-electron chi connectivity index (χ1n) is 16.7. The largest absolute Gasteiger partial charge is 0.475 e. The predicted octanol–water partition coefficient (Wildman–Crippen LogP) is 6.26. The molecule has 48 heavy (non-hydrogen) atoms. The zero-order valence-electron chi connectivity index (χ0n) is 28.4. The summed E-state index contributed by atoms with van der Waals surface area (Å²) >= 11 is 0. The van der Waals surface area contributed by atoms with Crippen LogP contribution < -0.4 is 14.8 Å². The van der Waals surface area contributed by atoms with Gasteiger partial charge in [-0.3, -0.25) is 4.79 Å². The van der Waals surface area contributed by atoms with E-state index < -0.39 is 16.1 Å². The fourth-order valence-corrected chi connectivity index (χ4v) is 8.59. The fourth-order valence-electron chi connectivity index (χ4n) is 7.61. The summed E-state index contributed by atoms with van der Waals surface area (Å²) in [6, 6.07) is 13.5. The number of hydrogen-bond acceptors (Lipinski definition) is 8. The third-order valence-corrected chi connectivity index (χ3v) is 10.9. The molecule has 2 aromatic carbocycles. The monoisotopic (exact) mass is 675 g/mol. The fraction of sp³-hybridized carbons (Fsp3) is 0.500. The van der Waals surface area contributed by atoms with Crippen molar-refractivity contribution in [1.29, 1.82) is 0 Å². The molecule has 256 valence electrons. The van der Waals surface area contributed by atoms with Crippen LogP contribution in [0.15, 0.2) is 53.4 Å². The van der Waals surface area contributed by atoms with Gasteiger partial charge >= 0.3 is 6.09 Å². The predicted molar refractivity (Wildman–Crippen MR) is 182 cm³/mol. The molecule has 0 radical (unpaired) electrons. The van der Waals surface area contributed by atoms with Crippen molar-refractivity contribution in [2.75, 3.05) is 11.3 Å². The van der Waals surface area contributed by atoms with E-state index in [1.54, 1.807) is 18.2 Å². The number of nitrogens with zero attached hydrogens (tertiary/aromatic N) is 3. The summed E-state index contributed by atoms with van der Waals surface area (Å²) in [5.74, 6) is 0.134. The lowest BCUT2D eigenvalue weighted by molar-refractivity contribution is -0.0778. The summed E-state index contributed by atoms with van der Waals surface area (Å²) in [5.41, 5.74) is 3.71. The Balaban J connectivity index is 1.34. The van der Waals surface area contributed by atoms with Crippen LogP contribution in [0.2, 0.25) is 0 Å². The highest BCUT2D eigenvalue weighted by molar-refractivity contribution is 7.92. The van der Waals surface area contributed by atoms with Gasteiger partial charge < -0.3 is 19.7 Å². The molecule has 0 unspecified atom stereocenters. The van der Waals surface area contributed by atoms with Gasteiger partial charge in [-0.2, -0.15) is 4.98 Å². The minimum atomic E-state index is -4.15. The van der Waals surface area contributed by atoms with E-state index >= 15 is 0 Å². The van der Waals surface area contributed by atoms with Crippen LogP contribution in [0.3, 0.4) is 0 Å². The molecule has 1 aromatic heterocycles. The first-order chi connectivity index (χ1) is 22.7. The summed E-state index contributed by atoms with van der Waals surface area (Å²) in [4.78, 5) is 37.5. The molecule has 4 bridgehead atoms. The molecule has 6 rings (SSSR count). The van der Waals surface area contributed by atoms with E-state index in [1.165, 1.54) is 12.1 Å². The maximum absolute atomic E-state index is 14.4. The van der Waals surface area contributed by atoms with E-state index in [2.05, 4.69) is 33.9 Å². The number of sulfonamides is 1. The lowest BCUT2D eigenvalue weighted by atomic mass is 9.51. The van der Waals surface area contributed by atoms with E-state index in [0.29, 0.717) is 17.7 Å². The molecule has 2 aliphatic carbocycles. The van der Waals surface area contributed by atoms with Crippen molar-refractivity contribution in [3.63, 3.8) is 0 Å². The molecule has 0 saturated heterocycles. The number of carbonyl (C=O) groups excluding carboxylic acids is 2. The second-order valence-electron chi connectivity index (χ2n) is 14.4. The average Bonchev–Trinajstić information content (AvgIpc) is 2.96. The molecule has 12 heteroatoms. The van der Waals surface area contributed by atoms with Gasteiger partial charge in [0, 0.05) is 29.3 Å². The van der Waals surface area contributed by atoms with Gasteiger partial charge in [0.05, 0.1) is 22.7 Å². The Morgan fingerprint density at radius 2 is 1.73 bits per heavy atom. The molecule has 2 fully saturated rings. The van der Waals surface area contributed by atoms with Crippen molar-refractivity contribution >= 4 is 28.0 Å². The molecule has 1 spiro atoms. The Morgan fingerprint density at radius 3 is 2.40 bits per heavy atom. The summed E-state index contributed by atoms with van der Waals surface area (Å²) in [6.45, 7) is 12.0. The number of fused-ring (bicyclic) bond motifs is 4.